The minimum Gasteiger partial charge on any atom is -0.339 e. The molecule has 0 aliphatic carbocycles. The number of rotatable bonds is 5. The Morgan fingerprint density at radius 1 is 0.821 bits per heavy atom. The average Bonchev–Trinajstić information content (AvgIpc) is 3.28. The minimum atomic E-state index is 0. The molecule has 1 saturated heterocycles. The smallest absolute Gasteiger partial charge is 0.206 e. The van der Waals surface area contributed by atoms with Gasteiger partial charge in [0.1, 0.15) is 0 Å². The van der Waals surface area contributed by atoms with Gasteiger partial charge in [0.15, 0.2) is 0 Å². The van der Waals surface area contributed by atoms with Crippen LogP contribution in [-0.4, -0.2) is 47.2 Å². The van der Waals surface area contributed by atoms with Crippen molar-refractivity contribution in [2.45, 2.75) is 25.8 Å². The second-order valence-corrected chi connectivity index (χ2v) is 8.01. The summed E-state index contributed by atoms with van der Waals surface area (Å²) in [6.45, 7) is 6.88. The molecule has 0 saturated carbocycles. The zero-order valence-corrected chi connectivity index (χ0v) is 18.0. The topological polar surface area (TPSA) is 24.3 Å². The van der Waals surface area contributed by atoms with Gasteiger partial charge in [0.2, 0.25) is 5.95 Å². The molecule has 2 aromatic carbocycles. The summed E-state index contributed by atoms with van der Waals surface area (Å²) in [6, 6.07) is 19.5. The lowest BCUT2D eigenvalue weighted by molar-refractivity contribution is 0.187. The zero-order chi connectivity index (χ0) is 18.1. The number of aromatic nitrogens is 2. The maximum absolute atomic E-state index is 4.87. The van der Waals surface area contributed by atoms with Gasteiger partial charge in [-0.25, -0.2) is 4.98 Å². The Labute approximate surface area is 177 Å². The molecule has 0 N–H and O–H groups in total. The normalized spacial score (nSPS) is 17.6. The molecule has 3 aromatic rings. The highest BCUT2D eigenvalue weighted by atomic mass is 79.9. The van der Waals surface area contributed by atoms with Crippen LogP contribution in [0, 0.1) is 5.92 Å². The number of likely N-dealkylation sites (tertiary alicyclic amines) is 1. The van der Waals surface area contributed by atoms with Crippen LogP contribution >= 0.6 is 17.0 Å². The van der Waals surface area contributed by atoms with Gasteiger partial charge in [0.25, 0.3) is 0 Å². The van der Waals surface area contributed by atoms with Crippen molar-refractivity contribution in [2.75, 3.05) is 37.6 Å². The lowest BCUT2D eigenvalue weighted by Crippen LogP contribution is -2.39. The summed E-state index contributed by atoms with van der Waals surface area (Å²) in [6.07, 6.45) is 3.89. The van der Waals surface area contributed by atoms with Gasteiger partial charge in [-0.2, -0.15) is 0 Å². The number of para-hydroxylation sites is 2. The van der Waals surface area contributed by atoms with Crippen molar-refractivity contribution in [2.24, 2.45) is 5.92 Å². The molecule has 2 aliphatic heterocycles. The summed E-state index contributed by atoms with van der Waals surface area (Å²) in [4.78, 5) is 9.98. The Kier molecular flexibility index (Phi) is 6.02. The molecule has 0 spiro atoms. The molecule has 4 nitrogen and oxygen atoms in total. The first-order valence-electron chi connectivity index (χ1n) is 10.3. The van der Waals surface area contributed by atoms with Gasteiger partial charge in [-0.15, -0.1) is 17.0 Å². The lowest BCUT2D eigenvalue weighted by Gasteiger charge is -2.33. The standard InChI is InChI=1S/C23H28N4.BrH/c1-2-6-19(7-3-1)18-20-10-12-25(13-11-20)14-15-26-16-17-27-22-9-5-4-8-21(22)24-23(26)27;/h1-9,20H,10-18H2;1H. The van der Waals surface area contributed by atoms with Crippen LogP contribution in [0.1, 0.15) is 18.4 Å². The van der Waals surface area contributed by atoms with Crippen molar-refractivity contribution in [1.82, 2.24) is 14.5 Å². The van der Waals surface area contributed by atoms with Crippen molar-refractivity contribution in [3.8, 4) is 0 Å². The van der Waals surface area contributed by atoms with Crippen LogP contribution < -0.4 is 4.90 Å². The molecule has 0 atom stereocenters. The second kappa shape index (κ2) is 8.66. The van der Waals surface area contributed by atoms with Crippen molar-refractivity contribution in [3.05, 3.63) is 60.2 Å². The van der Waals surface area contributed by atoms with Crippen molar-refractivity contribution >= 4 is 34.0 Å². The summed E-state index contributed by atoms with van der Waals surface area (Å²) in [5.74, 6) is 2.01. The van der Waals surface area contributed by atoms with Crippen LogP contribution in [0.3, 0.4) is 0 Å². The molecule has 2 aliphatic rings. The Bertz CT molecular complexity index is 899. The van der Waals surface area contributed by atoms with Gasteiger partial charge in [-0.3, -0.25) is 0 Å². The van der Waals surface area contributed by atoms with E-state index >= 15 is 0 Å². The number of benzene rings is 2. The third kappa shape index (κ3) is 3.96. The molecule has 1 aromatic heterocycles. The van der Waals surface area contributed by atoms with E-state index in [1.807, 2.05) is 0 Å². The second-order valence-electron chi connectivity index (χ2n) is 8.01. The molecule has 28 heavy (non-hydrogen) atoms. The van der Waals surface area contributed by atoms with Crippen LogP contribution in [0.5, 0.6) is 0 Å². The van der Waals surface area contributed by atoms with E-state index in [0.717, 1.165) is 43.6 Å². The van der Waals surface area contributed by atoms with E-state index in [2.05, 4.69) is 69.0 Å². The van der Waals surface area contributed by atoms with E-state index in [-0.39, 0.29) is 17.0 Å². The Hall–Kier alpha value is -1.85. The molecule has 0 radical (unpaired) electrons. The highest BCUT2D eigenvalue weighted by Crippen LogP contribution is 2.27. The third-order valence-corrected chi connectivity index (χ3v) is 6.27. The summed E-state index contributed by atoms with van der Waals surface area (Å²) in [5.41, 5.74) is 3.89. The van der Waals surface area contributed by atoms with Gasteiger partial charge < -0.3 is 14.4 Å². The molecule has 0 bridgehead atoms. The maximum Gasteiger partial charge on any atom is 0.206 e. The predicted octanol–water partition coefficient (Wildman–Crippen LogP) is 4.39. The number of imidazole rings is 1. The highest BCUT2D eigenvalue weighted by molar-refractivity contribution is 8.93. The summed E-state index contributed by atoms with van der Waals surface area (Å²) < 4.78 is 2.38. The Morgan fingerprint density at radius 2 is 1.57 bits per heavy atom. The first-order valence-corrected chi connectivity index (χ1v) is 10.3. The molecule has 5 rings (SSSR count). The number of hydrogen-bond donors (Lipinski definition) is 0. The fourth-order valence-electron chi connectivity index (χ4n) is 4.68. The fraction of sp³-hybridized carbons (Fsp3) is 0.435. The molecule has 0 unspecified atom stereocenters. The van der Waals surface area contributed by atoms with Crippen molar-refractivity contribution in [1.29, 1.82) is 0 Å². The first kappa shape index (κ1) is 19.5. The molecule has 148 valence electrons. The van der Waals surface area contributed by atoms with Crippen molar-refractivity contribution in [3.63, 3.8) is 0 Å². The lowest BCUT2D eigenvalue weighted by atomic mass is 9.90. The van der Waals surface area contributed by atoms with Gasteiger partial charge >= 0.3 is 0 Å². The van der Waals surface area contributed by atoms with E-state index in [9.17, 15) is 0 Å². The number of piperidine rings is 1. The van der Waals surface area contributed by atoms with Crippen LogP contribution in [-0.2, 0) is 13.0 Å². The SMILES string of the molecule is Br.c1ccc(CC2CCN(CCN3CCn4c3nc3ccccc34)CC2)cc1. The van der Waals surface area contributed by atoms with Gasteiger partial charge in [-0.1, -0.05) is 42.5 Å². The maximum atomic E-state index is 4.87. The molecular formula is C23H29BrN4. The summed E-state index contributed by atoms with van der Waals surface area (Å²) in [5, 5.41) is 0. The van der Waals surface area contributed by atoms with Gasteiger partial charge in [-0.05, 0) is 56.0 Å². The van der Waals surface area contributed by atoms with Crippen LogP contribution in [0.25, 0.3) is 11.0 Å². The van der Waals surface area contributed by atoms with Crippen molar-refractivity contribution < 1.29 is 0 Å². The number of fused-ring (bicyclic) bond motifs is 3. The Balaban J connectivity index is 0.00000192. The molecule has 3 heterocycles. The quantitative estimate of drug-likeness (QED) is 0.587. The monoisotopic (exact) mass is 440 g/mol. The van der Waals surface area contributed by atoms with E-state index in [1.54, 1.807) is 0 Å². The largest absolute Gasteiger partial charge is 0.339 e. The number of hydrogen-bond acceptors (Lipinski definition) is 3. The molecule has 1 fully saturated rings. The van der Waals surface area contributed by atoms with E-state index in [4.69, 9.17) is 4.98 Å². The number of nitrogens with zero attached hydrogens (tertiary/aromatic N) is 4. The molecule has 0 amide bonds. The predicted molar refractivity (Wildman–Crippen MR) is 122 cm³/mol. The number of halogens is 1. The van der Waals surface area contributed by atoms with E-state index < -0.39 is 0 Å². The average molecular weight is 441 g/mol. The van der Waals surface area contributed by atoms with Crippen LogP contribution in [0.2, 0.25) is 0 Å². The highest BCUT2D eigenvalue weighted by Gasteiger charge is 2.25. The number of anilines is 1. The zero-order valence-electron chi connectivity index (χ0n) is 16.3. The third-order valence-electron chi connectivity index (χ3n) is 6.27. The van der Waals surface area contributed by atoms with Gasteiger partial charge in [0, 0.05) is 26.2 Å². The van der Waals surface area contributed by atoms with E-state index in [0.29, 0.717) is 0 Å². The summed E-state index contributed by atoms with van der Waals surface area (Å²) in [7, 11) is 0. The first-order chi connectivity index (χ1) is 13.4. The van der Waals surface area contributed by atoms with Crippen LogP contribution in [0.15, 0.2) is 54.6 Å². The van der Waals surface area contributed by atoms with Gasteiger partial charge in [0.05, 0.1) is 11.0 Å². The minimum absolute atomic E-state index is 0. The molecule has 5 heteroatoms. The Morgan fingerprint density at radius 3 is 2.39 bits per heavy atom. The fourth-order valence-corrected chi connectivity index (χ4v) is 4.68. The summed E-state index contributed by atoms with van der Waals surface area (Å²) >= 11 is 0. The van der Waals surface area contributed by atoms with Crippen LogP contribution in [0.4, 0.5) is 5.95 Å². The van der Waals surface area contributed by atoms with E-state index in [1.165, 1.54) is 43.4 Å². The molecular weight excluding hydrogens is 412 g/mol.